The van der Waals surface area contributed by atoms with Gasteiger partial charge >= 0.3 is 0 Å². The molecule has 3 rings (SSSR count). The van der Waals surface area contributed by atoms with Gasteiger partial charge in [0.15, 0.2) is 5.78 Å². The number of carbonyl (C=O) groups is 1. The molecule has 4 nitrogen and oxygen atoms in total. The average Bonchev–Trinajstić information content (AvgIpc) is 2.60. The number of benzene rings is 2. The summed E-state index contributed by atoms with van der Waals surface area (Å²) in [7, 11) is 1.47. The van der Waals surface area contributed by atoms with Crippen LogP contribution in [0.5, 0.6) is 17.2 Å². The van der Waals surface area contributed by atoms with E-state index >= 15 is 0 Å². The van der Waals surface area contributed by atoms with Crippen LogP contribution in [0.4, 0.5) is 0 Å². The molecule has 0 radical (unpaired) electrons. The van der Waals surface area contributed by atoms with Crippen molar-refractivity contribution in [1.82, 2.24) is 0 Å². The van der Waals surface area contributed by atoms with Crippen LogP contribution in [0.15, 0.2) is 36.4 Å². The van der Waals surface area contributed by atoms with Crippen LogP contribution in [0.3, 0.4) is 0 Å². The minimum Gasteiger partial charge on any atom is -0.507 e. The number of phenols is 1. The Hall–Kier alpha value is -2.49. The van der Waals surface area contributed by atoms with Gasteiger partial charge in [0, 0.05) is 11.6 Å². The molecule has 0 aliphatic carbocycles. The quantitative estimate of drug-likeness (QED) is 0.890. The van der Waals surface area contributed by atoms with Gasteiger partial charge in [-0.25, -0.2) is 0 Å². The van der Waals surface area contributed by atoms with Crippen molar-refractivity contribution in [3.8, 4) is 17.2 Å². The summed E-state index contributed by atoms with van der Waals surface area (Å²) < 4.78 is 11.2. The zero-order valence-corrected chi connectivity index (χ0v) is 13.9. The third-order valence-corrected chi connectivity index (χ3v) is 3.77. The second-order valence-corrected chi connectivity index (χ2v) is 5.07. The first kappa shape index (κ1) is 16.9. The van der Waals surface area contributed by atoms with E-state index in [2.05, 4.69) is 0 Å². The van der Waals surface area contributed by atoms with Crippen molar-refractivity contribution < 1.29 is 19.4 Å². The van der Waals surface area contributed by atoms with Crippen LogP contribution in [-0.2, 0) is 0 Å². The maximum Gasteiger partial charge on any atom is 0.174 e. The largest absolute Gasteiger partial charge is 0.507 e. The first-order chi connectivity index (χ1) is 11.1. The lowest BCUT2D eigenvalue weighted by Crippen LogP contribution is -2.21. The number of rotatable bonds is 2. The van der Waals surface area contributed by atoms with Crippen molar-refractivity contribution >= 4 is 5.78 Å². The van der Waals surface area contributed by atoms with Gasteiger partial charge < -0.3 is 14.6 Å². The van der Waals surface area contributed by atoms with Gasteiger partial charge in [-0.2, -0.15) is 0 Å². The number of fused-ring (bicyclic) bond motifs is 1. The molecule has 0 aromatic heterocycles. The lowest BCUT2D eigenvalue weighted by molar-refractivity contribution is 0.0842. The molecular weight excluding hydrogens is 292 g/mol. The number of aromatic hydroxyl groups is 1. The van der Waals surface area contributed by atoms with Crippen LogP contribution in [0.1, 0.15) is 47.9 Å². The Morgan fingerprint density at radius 3 is 2.48 bits per heavy atom. The van der Waals surface area contributed by atoms with Crippen LogP contribution >= 0.6 is 0 Å². The molecule has 1 unspecified atom stereocenters. The van der Waals surface area contributed by atoms with E-state index in [0.717, 1.165) is 5.56 Å². The summed E-state index contributed by atoms with van der Waals surface area (Å²) in [5.41, 5.74) is 1.91. The second kappa shape index (κ2) is 7.18. The lowest BCUT2D eigenvalue weighted by atomic mass is 9.93. The average molecular weight is 314 g/mol. The van der Waals surface area contributed by atoms with Gasteiger partial charge in [-0.1, -0.05) is 44.2 Å². The molecule has 0 spiro atoms. The van der Waals surface area contributed by atoms with Crippen LogP contribution < -0.4 is 9.47 Å². The second-order valence-electron chi connectivity index (χ2n) is 5.07. The number of phenolic OH excluding ortho intramolecular Hbond substituents is 1. The molecule has 0 amide bonds. The van der Waals surface area contributed by atoms with E-state index in [1.807, 2.05) is 44.2 Å². The molecular formula is C19H22O4. The van der Waals surface area contributed by atoms with Crippen molar-refractivity contribution in [3.05, 3.63) is 53.1 Å². The van der Waals surface area contributed by atoms with E-state index in [0.29, 0.717) is 22.6 Å². The van der Waals surface area contributed by atoms with Crippen molar-refractivity contribution in [3.63, 3.8) is 0 Å². The normalized spacial score (nSPS) is 15.8. The topological polar surface area (TPSA) is 55.8 Å². The first-order valence-electron chi connectivity index (χ1n) is 7.77. The predicted octanol–water partition coefficient (Wildman–Crippen LogP) is 4.44. The van der Waals surface area contributed by atoms with Gasteiger partial charge in [-0.05, 0) is 12.5 Å². The summed E-state index contributed by atoms with van der Waals surface area (Å²) in [5, 5.41) is 9.96. The van der Waals surface area contributed by atoms with E-state index in [4.69, 9.17) is 9.47 Å². The predicted molar refractivity (Wildman–Crippen MR) is 89.5 cm³/mol. The molecule has 1 atom stereocenters. The Kier molecular flexibility index (Phi) is 5.27. The number of hydrogen-bond acceptors (Lipinski definition) is 4. The molecule has 0 bridgehead atoms. The van der Waals surface area contributed by atoms with E-state index in [9.17, 15) is 9.90 Å². The zero-order chi connectivity index (χ0) is 17.0. The summed E-state index contributed by atoms with van der Waals surface area (Å²) in [6.45, 7) is 5.73. The zero-order valence-electron chi connectivity index (χ0n) is 13.9. The molecule has 0 saturated carbocycles. The minimum atomic E-state index is -0.337. The smallest absolute Gasteiger partial charge is 0.174 e. The summed E-state index contributed by atoms with van der Waals surface area (Å²) in [6.07, 6.45) is -0.0752. The van der Waals surface area contributed by atoms with E-state index in [-0.39, 0.29) is 24.1 Å². The van der Waals surface area contributed by atoms with Crippen molar-refractivity contribution in [1.29, 1.82) is 0 Å². The van der Waals surface area contributed by atoms with Crippen LogP contribution in [0.25, 0.3) is 0 Å². The summed E-state index contributed by atoms with van der Waals surface area (Å²) >= 11 is 0. The number of ketones is 1. The van der Waals surface area contributed by atoms with Crippen LogP contribution in [-0.4, -0.2) is 18.0 Å². The summed E-state index contributed by atoms with van der Waals surface area (Å²) in [4.78, 5) is 12.5. The van der Waals surface area contributed by atoms with Gasteiger partial charge in [-0.3, -0.25) is 4.79 Å². The third kappa shape index (κ3) is 3.16. The highest BCUT2D eigenvalue weighted by atomic mass is 16.5. The maximum atomic E-state index is 12.5. The fourth-order valence-corrected chi connectivity index (χ4v) is 2.60. The fourth-order valence-electron chi connectivity index (χ4n) is 2.60. The Balaban J connectivity index is 0.000000924. The fraction of sp³-hybridized carbons (Fsp3) is 0.316. The molecule has 2 aromatic rings. The molecule has 2 aromatic carbocycles. The lowest BCUT2D eigenvalue weighted by Gasteiger charge is -2.28. The summed E-state index contributed by atoms with van der Waals surface area (Å²) in [6, 6.07) is 11.1. The molecule has 122 valence electrons. The van der Waals surface area contributed by atoms with Crippen molar-refractivity contribution in [2.75, 3.05) is 7.11 Å². The molecule has 1 aliphatic rings. The minimum absolute atomic E-state index is 0.0370. The Morgan fingerprint density at radius 2 is 1.87 bits per heavy atom. The molecule has 23 heavy (non-hydrogen) atoms. The molecule has 0 fully saturated rings. The maximum absolute atomic E-state index is 12.5. The Bertz CT molecular complexity index is 692. The summed E-state index contributed by atoms with van der Waals surface area (Å²) in [5.74, 6) is 0.790. The van der Waals surface area contributed by atoms with Gasteiger partial charge in [-0.15, -0.1) is 0 Å². The van der Waals surface area contributed by atoms with Gasteiger partial charge in [0.25, 0.3) is 0 Å². The van der Waals surface area contributed by atoms with E-state index in [1.165, 1.54) is 13.2 Å². The van der Waals surface area contributed by atoms with Gasteiger partial charge in [0.05, 0.1) is 13.5 Å². The van der Waals surface area contributed by atoms with Crippen LogP contribution in [0, 0.1) is 6.92 Å². The van der Waals surface area contributed by atoms with E-state index < -0.39 is 0 Å². The molecule has 1 N–H and O–H groups in total. The molecule has 0 saturated heterocycles. The number of methoxy groups -OCH3 is 1. The number of hydrogen-bond donors (Lipinski definition) is 1. The van der Waals surface area contributed by atoms with Crippen molar-refractivity contribution in [2.24, 2.45) is 0 Å². The highest BCUT2D eigenvalue weighted by Crippen LogP contribution is 2.44. The monoisotopic (exact) mass is 314 g/mol. The highest BCUT2D eigenvalue weighted by Gasteiger charge is 2.32. The first-order valence-corrected chi connectivity index (χ1v) is 7.77. The van der Waals surface area contributed by atoms with Gasteiger partial charge in [0.1, 0.15) is 28.9 Å². The highest BCUT2D eigenvalue weighted by molar-refractivity contribution is 6.03. The molecule has 4 heteroatoms. The number of ether oxygens (including phenoxy) is 2. The number of Topliss-reactive ketones (excluding diaryl/α,β-unsaturated/α-hetero) is 1. The third-order valence-electron chi connectivity index (χ3n) is 3.77. The number of carbonyl (C=O) groups excluding carboxylic acids is 1. The van der Waals surface area contributed by atoms with Gasteiger partial charge in [0.2, 0.25) is 0 Å². The standard InChI is InChI=1S/C17H16O4.C2H6/c1-10-12(18)8-15(20-2)16-13(19)9-14(21-17(10)16)11-6-4-3-5-7-11;1-2/h3-8,14,18H,9H2,1-2H3;1-2H3. The Morgan fingerprint density at radius 1 is 1.22 bits per heavy atom. The molecule has 1 aliphatic heterocycles. The van der Waals surface area contributed by atoms with E-state index in [1.54, 1.807) is 6.92 Å². The molecule has 1 heterocycles. The van der Waals surface area contributed by atoms with Crippen molar-refractivity contribution in [2.45, 2.75) is 33.3 Å². The Labute approximate surface area is 136 Å². The SMILES string of the molecule is CC.COc1cc(O)c(C)c2c1C(=O)CC(c1ccccc1)O2. The van der Waals surface area contributed by atoms with Crippen LogP contribution in [0.2, 0.25) is 0 Å².